The van der Waals surface area contributed by atoms with Gasteiger partial charge >= 0.3 is 0 Å². The summed E-state index contributed by atoms with van der Waals surface area (Å²) in [6.07, 6.45) is 0. The second kappa shape index (κ2) is 7.41. The van der Waals surface area contributed by atoms with E-state index < -0.39 is 0 Å². The van der Waals surface area contributed by atoms with E-state index in [-0.39, 0.29) is 4.06 Å². The van der Waals surface area contributed by atoms with Crippen LogP contribution in [0.4, 0.5) is 0 Å². The van der Waals surface area contributed by atoms with Gasteiger partial charge in [-0.3, -0.25) is 4.79 Å². The Kier molecular flexibility index (Phi) is 6.99. The van der Waals surface area contributed by atoms with Gasteiger partial charge in [0, 0.05) is 23.3 Å². The van der Waals surface area contributed by atoms with Gasteiger partial charge in [0.2, 0.25) is 0 Å². The van der Waals surface area contributed by atoms with Crippen LogP contribution in [0.1, 0.15) is 0 Å². The van der Waals surface area contributed by atoms with Crippen LogP contribution >= 0.6 is 69.4 Å². The predicted octanol–water partition coefficient (Wildman–Crippen LogP) is 3.83. The first kappa shape index (κ1) is 13.2. The molecule has 0 aromatic carbocycles. The number of rotatable bonds is 6. The lowest BCUT2D eigenvalue weighted by Gasteiger charge is -1.98. The summed E-state index contributed by atoms with van der Waals surface area (Å²) in [4.78, 5) is 11.2. The fourth-order valence-electron chi connectivity index (χ4n) is 0.695. The summed E-state index contributed by atoms with van der Waals surface area (Å²) >= 11 is 17.1. The maximum Gasteiger partial charge on any atom is 0.289 e. The van der Waals surface area contributed by atoms with Gasteiger partial charge in [0.15, 0.2) is 0 Å². The number of thioether (sulfide) groups is 2. The molecule has 0 aliphatic carbocycles. The molecule has 0 spiro atoms. The van der Waals surface area contributed by atoms with E-state index in [1.807, 2.05) is 0 Å². The average molecular weight is 307 g/mol. The van der Waals surface area contributed by atoms with Crippen molar-refractivity contribution in [3.8, 4) is 0 Å². The molecule has 0 bridgehead atoms. The highest BCUT2D eigenvalue weighted by Crippen LogP contribution is 2.36. The second-order valence-electron chi connectivity index (χ2n) is 2.10. The number of halogens is 2. The van der Waals surface area contributed by atoms with Crippen molar-refractivity contribution >= 4 is 69.4 Å². The molecule has 1 aromatic heterocycles. The summed E-state index contributed by atoms with van der Waals surface area (Å²) in [6.45, 7) is 0. The van der Waals surface area contributed by atoms with E-state index in [4.69, 9.17) is 23.2 Å². The van der Waals surface area contributed by atoms with Crippen molar-refractivity contribution in [2.75, 3.05) is 23.3 Å². The van der Waals surface area contributed by atoms with Crippen molar-refractivity contribution in [2.24, 2.45) is 0 Å². The van der Waals surface area contributed by atoms with Gasteiger partial charge in [0.25, 0.3) is 4.06 Å². The van der Waals surface area contributed by atoms with Gasteiger partial charge in [-0.1, -0.05) is 22.7 Å². The number of hydrogen-bond acceptors (Lipinski definition) is 5. The number of alkyl halides is 2. The van der Waals surface area contributed by atoms with Crippen LogP contribution in [0.25, 0.3) is 0 Å². The Balaban J connectivity index is 2.64. The van der Waals surface area contributed by atoms with Crippen LogP contribution in [-0.4, -0.2) is 23.3 Å². The van der Waals surface area contributed by atoms with Gasteiger partial charge in [-0.15, -0.1) is 46.7 Å². The van der Waals surface area contributed by atoms with E-state index in [0.717, 1.165) is 19.9 Å². The van der Waals surface area contributed by atoms with Crippen molar-refractivity contribution in [2.45, 2.75) is 8.42 Å². The van der Waals surface area contributed by atoms with Gasteiger partial charge in [0.1, 0.15) is 0 Å². The van der Waals surface area contributed by atoms with Crippen LogP contribution in [0, 0.1) is 0 Å². The van der Waals surface area contributed by atoms with Crippen LogP contribution in [0.5, 0.6) is 0 Å². The second-order valence-corrected chi connectivity index (χ2v) is 7.81. The Morgan fingerprint density at radius 1 is 1.00 bits per heavy atom. The quantitative estimate of drug-likeness (QED) is 0.587. The minimum absolute atomic E-state index is 0.152. The summed E-state index contributed by atoms with van der Waals surface area (Å²) < 4.78 is 2.34. The lowest BCUT2D eigenvalue weighted by Crippen LogP contribution is -1.80. The highest BCUT2D eigenvalue weighted by molar-refractivity contribution is 8.05. The molecule has 7 heteroatoms. The third-order valence-corrected chi connectivity index (χ3v) is 7.05. The zero-order valence-corrected chi connectivity index (χ0v) is 11.9. The molecule has 0 saturated heterocycles. The first-order valence-electron chi connectivity index (χ1n) is 3.79. The third-order valence-electron chi connectivity index (χ3n) is 1.14. The van der Waals surface area contributed by atoms with Crippen molar-refractivity contribution in [3.63, 3.8) is 0 Å². The van der Waals surface area contributed by atoms with Gasteiger partial charge in [-0.05, 0) is 0 Å². The summed E-state index contributed by atoms with van der Waals surface area (Å²) in [6, 6.07) is 0. The van der Waals surface area contributed by atoms with Crippen LogP contribution in [0.15, 0.2) is 13.2 Å². The van der Waals surface area contributed by atoms with Crippen molar-refractivity contribution < 1.29 is 0 Å². The van der Waals surface area contributed by atoms with Crippen molar-refractivity contribution in [3.05, 3.63) is 8.85 Å². The summed E-state index contributed by atoms with van der Waals surface area (Å²) in [5.41, 5.74) is 0. The van der Waals surface area contributed by atoms with E-state index >= 15 is 0 Å². The van der Waals surface area contributed by atoms with Gasteiger partial charge in [0.05, 0.1) is 8.42 Å². The SMILES string of the molecule is O=c1sc(SCCCl)c(SCCCl)s1. The molecule has 0 aliphatic rings. The molecule has 0 aliphatic heterocycles. The highest BCUT2D eigenvalue weighted by Gasteiger charge is 2.09. The topological polar surface area (TPSA) is 17.1 Å². The fraction of sp³-hybridized carbons (Fsp3) is 0.571. The van der Waals surface area contributed by atoms with Crippen LogP contribution in [0.2, 0.25) is 0 Å². The molecule has 1 aromatic rings. The Labute approximate surface area is 109 Å². The Hall–Kier alpha value is 1.13. The molecule has 0 amide bonds. The minimum atomic E-state index is 0.152. The maximum absolute atomic E-state index is 11.2. The lowest BCUT2D eigenvalue weighted by atomic mass is 11.0. The zero-order valence-electron chi connectivity index (χ0n) is 7.13. The van der Waals surface area contributed by atoms with E-state index in [9.17, 15) is 4.79 Å². The zero-order chi connectivity index (χ0) is 10.4. The number of hydrogen-bond donors (Lipinski definition) is 0. The van der Waals surface area contributed by atoms with Crippen molar-refractivity contribution in [1.29, 1.82) is 0 Å². The largest absolute Gasteiger partial charge is 0.289 e. The first-order valence-corrected chi connectivity index (χ1v) is 8.46. The third kappa shape index (κ3) is 4.33. The molecule has 1 heterocycles. The highest BCUT2D eigenvalue weighted by atomic mass is 35.5. The molecular weight excluding hydrogens is 299 g/mol. The molecule has 0 unspecified atom stereocenters. The first-order chi connectivity index (χ1) is 6.77. The molecule has 1 nitrogen and oxygen atoms in total. The van der Waals surface area contributed by atoms with Crippen LogP contribution in [0.3, 0.4) is 0 Å². The Morgan fingerprint density at radius 2 is 1.43 bits per heavy atom. The molecule has 1 rings (SSSR count). The molecule has 0 fully saturated rings. The molecule has 0 atom stereocenters. The summed E-state index contributed by atoms with van der Waals surface area (Å²) in [7, 11) is 0. The van der Waals surface area contributed by atoms with Crippen molar-refractivity contribution in [1.82, 2.24) is 0 Å². The van der Waals surface area contributed by atoms with Gasteiger partial charge in [-0.25, -0.2) is 0 Å². The lowest BCUT2D eigenvalue weighted by molar-refractivity contribution is 1.45. The molecule has 0 N–H and O–H groups in total. The van der Waals surface area contributed by atoms with E-state index in [0.29, 0.717) is 11.8 Å². The van der Waals surface area contributed by atoms with Gasteiger partial charge < -0.3 is 0 Å². The van der Waals surface area contributed by atoms with Crippen LogP contribution < -0.4 is 4.06 Å². The maximum atomic E-state index is 11.2. The van der Waals surface area contributed by atoms with Gasteiger partial charge in [-0.2, -0.15) is 0 Å². The molecule has 0 saturated carbocycles. The summed E-state index contributed by atoms with van der Waals surface area (Å²) in [5.74, 6) is 2.92. The average Bonchev–Trinajstić information content (AvgIpc) is 2.52. The molecule has 80 valence electrons. The Morgan fingerprint density at radius 3 is 1.79 bits per heavy atom. The van der Waals surface area contributed by atoms with E-state index in [2.05, 4.69) is 0 Å². The predicted molar refractivity (Wildman–Crippen MR) is 71.4 cm³/mol. The Bertz CT molecular complexity index is 293. The minimum Gasteiger partial charge on any atom is -0.265 e. The van der Waals surface area contributed by atoms with E-state index in [1.54, 1.807) is 23.5 Å². The monoisotopic (exact) mass is 306 g/mol. The normalized spacial score (nSPS) is 10.7. The standard InChI is InChI=1S/C7H8Cl2OS4/c8-1-3-11-5-6(12-4-2-9)14-7(10)13-5/h1-4H2. The fourth-order valence-corrected chi connectivity index (χ4v) is 6.00. The smallest absolute Gasteiger partial charge is 0.265 e. The van der Waals surface area contributed by atoms with Crippen LogP contribution in [-0.2, 0) is 0 Å². The molecular formula is C7H8Cl2OS4. The molecule has 14 heavy (non-hydrogen) atoms. The van der Waals surface area contributed by atoms with E-state index in [1.165, 1.54) is 22.7 Å². The molecule has 0 radical (unpaired) electrons. The summed E-state index contributed by atoms with van der Waals surface area (Å²) in [5, 5.41) is 0.